The lowest BCUT2D eigenvalue weighted by Crippen LogP contribution is -2.01. The molecule has 1 N–H and O–H groups in total. The SMILES string of the molecule is C/C(=C\C(=O)c1ccncc1)Nc1ccc(Br)cc1. The Labute approximate surface area is 120 Å². The molecule has 0 unspecified atom stereocenters. The van der Waals surface area contributed by atoms with E-state index in [1.165, 1.54) is 0 Å². The molecule has 0 saturated carbocycles. The summed E-state index contributed by atoms with van der Waals surface area (Å²) in [5.41, 5.74) is 2.37. The Bertz CT molecular complexity index is 591. The summed E-state index contributed by atoms with van der Waals surface area (Å²) in [6.07, 6.45) is 4.80. The number of rotatable bonds is 4. The second-order valence-electron chi connectivity index (χ2n) is 4.06. The van der Waals surface area contributed by atoms with E-state index in [0.29, 0.717) is 5.56 Å². The first kappa shape index (κ1) is 13.5. The van der Waals surface area contributed by atoms with Crippen molar-refractivity contribution in [3.8, 4) is 0 Å². The average molecular weight is 317 g/mol. The van der Waals surface area contributed by atoms with Gasteiger partial charge in [0.2, 0.25) is 0 Å². The number of aromatic nitrogens is 1. The van der Waals surface area contributed by atoms with Crippen LogP contribution in [0.15, 0.2) is 65.0 Å². The van der Waals surface area contributed by atoms with Crippen molar-refractivity contribution in [3.05, 3.63) is 70.6 Å². The average Bonchev–Trinajstić information content (AvgIpc) is 2.42. The van der Waals surface area contributed by atoms with Gasteiger partial charge in [-0.05, 0) is 43.3 Å². The van der Waals surface area contributed by atoms with Crippen molar-refractivity contribution in [2.75, 3.05) is 5.32 Å². The highest BCUT2D eigenvalue weighted by molar-refractivity contribution is 9.10. The van der Waals surface area contributed by atoms with Crippen LogP contribution in [0.1, 0.15) is 17.3 Å². The second kappa shape index (κ2) is 6.29. The minimum Gasteiger partial charge on any atom is -0.359 e. The van der Waals surface area contributed by atoms with Gasteiger partial charge in [-0.3, -0.25) is 9.78 Å². The molecule has 19 heavy (non-hydrogen) atoms. The van der Waals surface area contributed by atoms with E-state index in [-0.39, 0.29) is 5.78 Å². The topological polar surface area (TPSA) is 42.0 Å². The first-order chi connectivity index (χ1) is 9.15. The minimum absolute atomic E-state index is 0.0375. The quantitative estimate of drug-likeness (QED) is 0.683. The van der Waals surface area contributed by atoms with Gasteiger partial charge in [-0.25, -0.2) is 0 Å². The van der Waals surface area contributed by atoms with E-state index in [2.05, 4.69) is 26.2 Å². The fourth-order valence-electron chi connectivity index (χ4n) is 1.59. The highest BCUT2D eigenvalue weighted by atomic mass is 79.9. The molecule has 1 aromatic carbocycles. The highest BCUT2D eigenvalue weighted by Gasteiger charge is 2.02. The van der Waals surface area contributed by atoms with Crippen molar-refractivity contribution in [2.45, 2.75) is 6.92 Å². The number of hydrogen-bond donors (Lipinski definition) is 1. The van der Waals surface area contributed by atoms with Crippen LogP contribution in [0.2, 0.25) is 0 Å². The van der Waals surface area contributed by atoms with Crippen molar-refractivity contribution in [3.63, 3.8) is 0 Å². The number of nitrogens with one attached hydrogen (secondary N) is 1. The number of hydrogen-bond acceptors (Lipinski definition) is 3. The van der Waals surface area contributed by atoms with Crippen molar-refractivity contribution >= 4 is 27.4 Å². The van der Waals surface area contributed by atoms with Gasteiger partial charge in [-0.2, -0.15) is 0 Å². The molecule has 0 radical (unpaired) electrons. The van der Waals surface area contributed by atoms with Gasteiger partial charge in [0, 0.05) is 39.9 Å². The van der Waals surface area contributed by atoms with Crippen LogP contribution >= 0.6 is 15.9 Å². The van der Waals surface area contributed by atoms with Crippen LogP contribution in [-0.2, 0) is 0 Å². The first-order valence-electron chi connectivity index (χ1n) is 5.80. The Hall–Kier alpha value is -1.94. The molecule has 0 amide bonds. The summed E-state index contributed by atoms with van der Waals surface area (Å²) in [5.74, 6) is -0.0375. The summed E-state index contributed by atoms with van der Waals surface area (Å²) >= 11 is 3.38. The zero-order chi connectivity index (χ0) is 13.7. The molecule has 1 heterocycles. The number of pyridine rings is 1. The molecule has 0 bridgehead atoms. The Morgan fingerprint density at radius 1 is 1.16 bits per heavy atom. The number of nitrogens with zero attached hydrogens (tertiary/aromatic N) is 1. The Morgan fingerprint density at radius 2 is 1.79 bits per heavy atom. The van der Waals surface area contributed by atoms with E-state index < -0.39 is 0 Å². The Kier molecular flexibility index (Phi) is 4.47. The molecule has 4 heteroatoms. The lowest BCUT2D eigenvalue weighted by molar-refractivity contribution is 0.104. The van der Waals surface area contributed by atoms with Gasteiger partial charge >= 0.3 is 0 Å². The molecule has 0 saturated heterocycles. The van der Waals surface area contributed by atoms with Crippen LogP contribution in [0.4, 0.5) is 5.69 Å². The minimum atomic E-state index is -0.0375. The van der Waals surface area contributed by atoms with Crippen molar-refractivity contribution in [1.29, 1.82) is 0 Å². The van der Waals surface area contributed by atoms with Crippen molar-refractivity contribution < 1.29 is 4.79 Å². The molecule has 0 atom stereocenters. The normalized spacial score (nSPS) is 11.2. The number of ketones is 1. The monoisotopic (exact) mass is 316 g/mol. The summed E-state index contributed by atoms with van der Waals surface area (Å²) in [6, 6.07) is 11.2. The number of carbonyl (C=O) groups excluding carboxylic acids is 1. The number of allylic oxidation sites excluding steroid dienone is 2. The van der Waals surface area contributed by atoms with Gasteiger partial charge in [-0.1, -0.05) is 15.9 Å². The Morgan fingerprint density at radius 3 is 2.42 bits per heavy atom. The molecule has 2 rings (SSSR count). The third kappa shape index (κ3) is 4.03. The molecule has 0 fully saturated rings. The van der Waals surface area contributed by atoms with Gasteiger partial charge in [0.25, 0.3) is 0 Å². The van der Waals surface area contributed by atoms with Gasteiger partial charge < -0.3 is 5.32 Å². The predicted molar refractivity (Wildman–Crippen MR) is 80.1 cm³/mol. The third-order valence-electron chi connectivity index (χ3n) is 2.50. The number of benzene rings is 1. The van der Waals surface area contributed by atoms with E-state index in [4.69, 9.17) is 0 Å². The fourth-order valence-corrected chi connectivity index (χ4v) is 1.86. The molecular weight excluding hydrogens is 304 g/mol. The van der Waals surface area contributed by atoms with Crippen LogP contribution in [0.25, 0.3) is 0 Å². The molecule has 96 valence electrons. The van der Waals surface area contributed by atoms with Crippen LogP contribution in [0, 0.1) is 0 Å². The summed E-state index contributed by atoms with van der Waals surface area (Å²) in [5, 5.41) is 3.17. The smallest absolute Gasteiger partial charge is 0.187 e. The summed E-state index contributed by atoms with van der Waals surface area (Å²) in [7, 11) is 0. The number of anilines is 1. The predicted octanol–water partition coefficient (Wildman–Crippen LogP) is 4.04. The maximum Gasteiger partial charge on any atom is 0.187 e. The zero-order valence-electron chi connectivity index (χ0n) is 10.4. The van der Waals surface area contributed by atoms with E-state index in [1.54, 1.807) is 30.6 Å². The maximum atomic E-state index is 11.9. The molecule has 3 nitrogen and oxygen atoms in total. The molecular formula is C15H13BrN2O. The molecule has 1 aromatic heterocycles. The van der Waals surface area contributed by atoms with E-state index in [1.807, 2.05) is 31.2 Å². The van der Waals surface area contributed by atoms with Crippen LogP contribution < -0.4 is 5.32 Å². The molecule has 0 aliphatic heterocycles. The second-order valence-corrected chi connectivity index (χ2v) is 4.98. The molecule has 0 aliphatic carbocycles. The number of carbonyl (C=O) groups is 1. The lowest BCUT2D eigenvalue weighted by atomic mass is 10.1. The lowest BCUT2D eigenvalue weighted by Gasteiger charge is -2.06. The van der Waals surface area contributed by atoms with Crippen LogP contribution in [0.3, 0.4) is 0 Å². The summed E-state index contributed by atoms with van der Waals surface area (Å²) in [4.78, 5) is 15.8. The third-order valence-corrected chi connectivity index (χ3v) is 3.03. The van der Waals surface area contributed by atoms with Gasteiger partial charge in [-0.15, -0.1) is 0 Å². The molecule has 0 spiro atoms. The molecule has 0 aliphatic rings. The maximum absolute atomic E-state index is 11.9. The zero-order valence-corrected chi connectivity index (χ0v) is 12.0. The summed E-state index contributed by atoms with van der Waals surface area (Å²) < 4.78 is 1.02. The van der Waals surface area contributed by atoms with E-state index in [0.717, 1.165) is 15.9 Å². The van der Waals surface area contributed by atoms with Gasteiger partial charge in [0.1, 0.15) is 0 Å². The number of halogens is 1. The highest BCUT2D eigenvalue weighted by Crippen LogP contribution is 2.15. The van der Waals surface area contributed by atoms with Gasteiger partial charge in [0.05, 0.1) is 0 Å². The molecule has 2 aromatic rings. The first-order valence-corrected chi connectivity index (χ1v) is 6.60. The van der Waals surface area contributed by atoms with E-state index >= 15 is 0 Å². The van der Waals surface area contributed by atoms with Crippen LogP contribution in [0.5, 0.6) is 0 Å². The summed E-state index contributed by atoms with van der Waals surface area (Å²) in [6.45, 7) is 1.86. The van der Waals surface area contributed by atoms with Gasteiger partial charge in [0.15, 0.2) is 5.78 Å². The Balaban J connectivity index is 2.07. The fraction of sp³-hybridized carbons (Fsp3) is 0.0667. The van der Waals surface area contributed by atoms with E-state index in [9.17, 15) is 4.79 Å². The largest absolute Gasteiger partial charge is 0.359 e. The van der Waals surface area contributed by atoms with Crippen molar-refractivity contribution in [1.82, 2.24) is 4.98 Å². The van der Waals surface area contributed by atoms with Crippen LogP contribution in [-0.4, -0.2) is 10.8 Å². The van der Waals surface area contributed by atoms with Crippen molar-refractivity contribution in [2.24, 2.45) is 0 Å². The standard InChI is InChI=1S/C15H13BrN2O/c1-11(18-14-4-2-13(16)3-5-14)10-15(19)12-6-8-17-9-7-12/h2-10,18H,1H3/b11-10+.